The molecule has 4 rings (SSSR count). The number of rotatable bonds is 4. The number of nitrogen functional groups attached to an aromatic ring is 1. The van der Waals surface area contributed by atoms with Gasteiger partial charge in [0.05, 0.1) is 17.3 Å². The first-order valence-corrected chi connectivity index (χ1v) is 8.60. The maximum atomic E-state index is 9.75. The van der Waals surface area contributed by atoms with Gasteiger partial charge in [-0.1, -0.05) is 24.3 Å². The topological polar surface area (TPSA) is 128 Å². The lowest BCUT2D eigenvalue weighted by atomic mass is 10.0. The highest BCUT2D eigenvalue weighted by molar-refractivity contribution is 6.16. The van der Waals surface area contributed by atoms with E-state index < -0.39 is 0 Å². The second kappa shape index (κ2) is 6.60. The number of hydrogen-bond donors (Lipinski definition) is 5. The molecule has 2 aromatic carbocycles. The monoisotopic (exact) mass is 361 g/mol. The van der Waals surface area contributed by atoms with Crippen LogP contribution in [0.15, 0.2) is 48.8 Å². The summed E-state index contributed by atoms with van der Waals surface area (Å²) in [5, 5.41) is 31.2. The molecule has 7 nitrogen and oxygen atoms in total. The number of phenolic OH excluding ortho intramolecular Hbond substituents is 2. The summed E-state index contributed by atoms with van der Waals surface area (Å²) < 4.78 is 0. The Hall–Kier alpha value is -3.61. The van der Waals surface area contributed by atoms with Crippen molar-refractivity contribution in [2.24, 2.45) is 0 Å². The molecular weight excluding hydrogens is 342 g/mol. The number of aromatic hydroxyl groups is 2. The highest BCUT2D eigenvalue weighted by Gasteiger charge is 2.25. The third kappa shape index (κ3) is 3.03. The molecule has 0 aliphatic heterocycles. The van der Waals surface area contributed by atoms with E-state index >= 15 is 0 Å². The Morgan fingerprint density at radius 2 is 1.93 bits per heavy atom. The molecule has 0 amide bonds. The van der Waals surface area contributed by atoms with Crippen molar-refractivity contribution in [1.29, 1.82) is 5.41 Å². The predicted molar refractivity (Wildman–Crippen MR) is 103 cm³/mol. The SMILES string of the molecule is N=C(c1ccc(O)c(O)c1)c1c(N)ncnc1NC1CCc2ccccc21. The van der Waals surface area contributed by atoms with Gasteiger partial charge < -0.3 is 21.3 Å². The molecule has 0 radical (unpaired) electrons. The number of anilines is 2. The van der Waals surface area contributed by atoms with Gasteiger partial charge in [0, 0.05) is 5.56 Å². The normalized spacial score (nSPS) is 15.3. The van der Waals surface area contributed by atoms with Crippen LogP contribution in [-0.2, 0) is 6.42 Å². The molecule has 0 saturated heterocycles. The largest absolute Gasteiger partial charge is 0.504 e. The lowest BCUT2D eigenvalue weighted by Gasteiger charge is -2.18. The minimum atomic E-state index is -0.299. The van der Waals surface area contributed by atoms with E-state index in [1.54, 1.807) is 6.07 Å². The Balaban J connectivity index is 1.70. The molecular formula is C20H19N5O2. The average molecular weight is 361 g/mol. The van der Waals surface area contributed by atoms with Crippen LogP contribution in [0.5, 0.6) is 11.5 Å². The van der Waals surface area contributed by atoms with Gasteiger partial charge in [-0.25, -0.2) is 9.97 Å². The molecule has 1 heterocycles. The fourth-order valence-electron chi connectivity index (χ4n) is 3.45. The molecule has 1 atom stereocenters. The van der Waals surface area contributed by atoms with Crippen molar-refractivity contribution in [2.75, 3.05) is 11.1 Å². The van der Waals surface area contributed by atoms with Crippen molar-refractivity contribution in [1.82, 2.24) is 9.97 Å². The molecule has 136 valence electrons. The number of aromatic nitrogens is 2. The van der Waals surface area contributed by atoms with Gasteiger partial charge in [0.1, 0.15) is 18.0 Å². The summed E-state index contributed by atoms with van der Waals surface area (Å²) in [5.74, 6) is 0.106. The van der Waals surface area contributed by atoms with E-state index in [9.17, 15) is 10.2 Å². The Bertz CT molecular complexity index is 1030. The highest BCUT2D eigenvalue weighted by atomic mass is 16.3. The minimum Gasteiger partial charge on any atom is -0.504 e. The lowest BCUT2D eigenvalue weighted by molar-refractivity contribution is 0.403. The summed E-state index contributed by atoms with van der Waals surface area (Å²) in [6.07, 6.45) is 3.27. The van der Waals surface area contributed by atoms with Gasteiger partial charge in [-0.05, 0) is 42.2 Å². The smallest absolute Gasteiger partial charge is 0.158 e. The number of fused-ring (bicyclic) bond motifs is 1. The van der Waals surface area contributed by atoms with Gasteiger partial charge in [0.2, 0.25) is 0 Å². The Kier molecular flexibility index (Phi) is 4.12. The van der Waals surface area contributed by atoms with Crippen LogP contribution in [0.4, 0.5) is 11.6 Å². The summed E-state index contributed by atoms with van der Waals surface area (Å²) in [7, 11) is 0. The molecule has 1 aromatic heterocycles. The van der Waals surface area contributed by atoms with E-state index in [4.69, 9.17) is 11.1 Å². The maximum absolute atomic E-state index is 9.75. The molecule has 3 aromatic rings. The third-order valence-electron chi connectivity index (χ3n) is 4.83. The second-order valence-corrected chi connectivity index (χ2v) is 6.50. The summed E-state index contributed by atoms with van der Waals surface area (Å²) in [6.45, 7) is 0. The van der Waals surface area contributed by atoms with Crippen molar-refractivity contribution in [3.8, 4) is 11.5 Å². The van der Waals surface area contributed by atoms with Crippen LogP contribution < -0.4 is 11.1 Å². The predicted octanol–water partition coefficient (Wildman–Crippen LogP) is 2.99. The van der Waals surface area contributed by atoms with Crippen molar-refractivity contribution >= 4 is 17.3 Å². The zero-order valence-corrected chi connectivity index (χ0v) is 14.5. The summed E-state index contributed by atoms with van der Waals surface area (Å²) in [6, 6.07) is 12.5. The Labute approximate surface area is 156 Å². The van der Waals surface area contributed by atoms with E-state index in [1.807, 2.05) is 12.1 Å². The van der Waals surface area contributed by atoms with Gasteiger partial charge in [-0.15, -0.1) is 0 Å². The maximum Gasteiger partial charge on any atom is 0.158 e. The summed E-state index contributed by atoms with van der Waals surface area (Å²) in [4.78, 5) is 8.33. The Morgan fingerprint density at radius 3 is 2.74 bits per heavy atom. The molecule has 0 fully saturated rings. The number of nitrogens with zero attached hydrogens (tertiary/aromatic N) is 2. The van der Waals surface area contributed by atoms with Crippen molar-refractivity contribution in [2.45, 2.75) is 18.9 Å². The van der Waals surface area contributed by atoms with Gasteiger partial charge in [-0.2, -0.15) is 0 Å². The minimum absolute atomic E-state index is 0.0668. The average Bonchev–Trinajstić information content (AvgIpc) is 3.07. The number of hydrogen-bond acceptors (Lipinski definition) is 7. The Morgan fingerprint density at radius 1 is 1.11 bits per heavy atom. The van der Waals surface area contributed by atoms with Crippen LogP contribution >= 0.6 is 0 Å². The molecule has 7 heteroatoms. The number of benzene rings is 2. The van der Waals surface area contributed by atoms with E-state index in [1.165, 1.54) is 29.6 Å². The van der Waals surface area contributed by atoms with Crippen LogP contribution in [0, 0.1) is 5.41 Å². The fraction of sp³-hybridized carbons (Fsp3) is 0.150. The molecule has 0 spiro atoms. The third-order valence-corrected chi connectivity index (χ3v) is 4.83. The van der Waals surface area contributed by atoms with Gasteiger partial charge >= 0.3 is 0 Å². The van der Waals surface area contributed by atoms with Crippen molar-refractivity contribution in [3.63, 3.8) is 0 Å². The first-order chi connectivity index (χ1) is 13.0. The highest BCUT2D eigenvalue weighted by Crippen LogP contribution is 2.35. The molecule has 1 aliphatic carbocycles. The second-order valence-electron chi connectivity index (χ2n) is 6.50. The zero-order valence-electron chi connectivity index (χ0n) is 14.5. The molecule has 1 aliphatic rings. The molecule has 0 saturated carbocycles. The summed E-state index contributed by atoms with van der Waals surface area (Å²) in [5.41, 5.74) is 9.41. The molecule has 6 N–H and O–H groups in total. The zero-order chi connectivity index (χ0) is 19.0. The van der Waals surface area contributed by atoms with Crippen molar-refractivity contribution < 1.29 is 10.2 Å². The van der Waals surface area contributed by atoms with E-state index in [-0.39, 0.29) is 29.1 Å². The van der Waals surface area contributed by atoms with Crippen LogP contribution in [0.1, 0.15) is 34.7 Å². The van der Waals surface area contributed by atoms with Crippen LogP contribution in [0.2, 0.25) is 0 Å². The van der Waals surface area contributed by atoms with E-state index in [0.717, 1.165) is 12.8 Å². The standard InChI is InChI=1S/C20H19N5O2/c21-18(12-6-8-15(26)16(27)9-12)17-19(22)23-10-24-20(17)25-14-7-5-11-3-1-2-4-13(11)14/h1-4,6,8-10,14,21,26-27H,5,7H2,(H3,22,23,24,25). The summed E-state index contributed by atoms with van der Waals surface area (Å²) >= 11 is 0. The molecule has 0 bridgehead atoms. The van der Waals surface area contributed by atoms with Crippen LogP contribution in [0.25, 0.3) is 0 Å². The number of aryl methyl sites for hydroxylation is 1. The van der Waals surface area contributed by atoms with E-state index in [2.05, 4.69) is 27.4 Å². The van der Waals surface area contributed by atoms with Crippen LogP contribution in [0.3, 0.4) is 0 Å². The van der Waals surface area contributed by atoms with E-state index in [0.29, 0.717) is 16.9 Å². The fourth-order valence-corrected chi connectivity index (χ4v) is 3.45. The van der Waals surface area contributed by atoms with Gasteiger partial charge in [0.25, 0.3) is 0 Å². The van der Waals surface area contributed by atoms with Crippen LogP contribution in [-0.4, -0.2) is 25.9 Å². The molecule has 1 unspecified atom stereocenters. The molecule has 27 heavy (non-hydrogen) atoms. The number of nitrogens with two attached hydrogens (primary N) is 1. The van der Waals surface area contributed by atoms with Gasteiger partial charge in [0.15, 0.2) is 11.5 Å². The lowest BCUT2D eigenvalue weighted by Crippen LogP contribution is -2.16. The number of nitrogens with one attached hydrogen (secondary N) is 2. The number of phenols is 2. The first kappa shape index (κ1) is 16.8. The van der Waals surface area contributed by atoms with Crippen molar-refractivity contribution in [3.05, 3.63) is 71.0 Å². The quantitative estimate of drug-likeness (QED) is 0.359. The van der Waals surface area contributed by atoms with Gasteiger partial charge in [-0.3, -0.25) is 5.41 Å². The first-order valence-electron chi connectivity index (χ1n) is 8.60.